The Morgan fingerprint density at radius 2 is 1.40 bits per heavy atom. The van der Waals surface area contributed by atoms with Gasteiger partial charge in [-0.15, -0.1) is 0 Å². The van der Waals surface area contributed by atoms with E-state index < -0.39 is 0 Å². The third-order valence-corrected chi connectivity index (χ3v) is 4.12. The van der Waals surface area contributed by atoms with Gasteiger partial charge in [-0.05, 0) is 42.2 Å². The molecule has 0 radical (unpaired) electrons. The summed E-state index contributed by atoms with van der Waals surface area (Å²) < 4.78 is 0. The maximum absolute atomic E-state index is 12.2. The molecule has 25 heavy (non-hydrogen) atoms. The summed E-state index contributed by atoms with van der Waals surface area (Å²) in [6.07, 6.45) is 0. The molecule has 0 aliphatic carbocycles. The minimum absolute atomic E-state index is 0.196. The summed E-state index contributed by atoms with van der Waals surface area (Å²) in [5.74, 6) is -0.196. The molecule has 0 aliphatic heterocycles. The zero-order valence-electron chi connectivity index (χ0n) is 14.4. The molecule has 0 saturated carbocycles. The maximum Gasteiger partial charge on any atom is 0.271 e. The van der Waals surface area contributed by atoms with Crippen molar-refractivity contribution in [2.24, 2.45) is 5.10 Å². The molecular formula is C22H20N2O. The highest BCUT2D eigenvalue weighted by molar-refractivity contribution is 6.01. The fourth-order valence-corrected chi connectivity index (χ4v) is 2.62. The number of aryl methyl sites for hydroxylation is 1. The van der Waals surface area contributed by atoms with Crippen molar-refractivity contribution >= 4 is 11.6 Å². The standard InChI is InChI=1S/C22H20N2O/c1-16-8-6-7-11-21(16)22(25)24-23-17(2)18-12-14-20(15-13-18)19-9-4-3-5-10-19/h3-15H,1-2H3,(H,24,25)/b23-17-. The van der Waals surface area contributed by atoms with Crippen LogP contribution in [0.5, 0.6) is 0 Å². The molecule has 124 valence electrons. The Kier molecular flexibility index (Phi) is 5.05. The number of nitrogens with zero attached hydrogens (tertiary/aromatic N) is 1. The molecule has 3 nitrogen and oxygen atoms in total. The Labute approximate surface area is 148 Å². The lowest BCUT2D eigenvalue weighted by molar-refractivity contribution is 0.0954. The van der Waals surface area contributed by atoms with Gasteiger partial charge < -0.3 is 0 Å². The summed E-state index contributed by atoms with van der Waals surface area (Å²) in [4.78, 5) is 12.2. The van der Waals surface area contributed by atoms with E-state index in [2.05, 4.69) is 34.8 Å². The van der Waals surface area contributed by atoms with Crippen LogP contribution in [-0.2, 0) is 0 Å². The highest BCUT2D eigenvalue weighted by Gasteiger charge is 2.07. The number of carbonyl (C=O) groups excluding carboxylic acids is 1. The summed E-state index contributed by atoms with van der Waals surface area (Å²) in [6, 6.07) is 25.8. The number of hydrogen-bond acceptors (Lipinski definition) is 2. The van der Waals surface area contributed by atoms with Gasteiger partial charge in [0, 0.05) is 5.56 Å². The van der Waals surface area contributed by atoms with Crippen LogP contribution in [0.1, 0.15) is 28.4 Å². The van der Waals surface area contributed by atoms with Crippen molar-refractivity contribution in [3.63, 3.8) is 0 Å². The monoisotopic (exact) mass is 328 g/mol. The van der Waals surface area contributed by atoms with E-state index in [-0.39, 0.29) is 5.91 Å². The summed E-state index contributed by atoms with van der Waals surface area (Å²) in [6.45, 7) is 3.80. The van der Waals surface area contributed by atoms with Crippen LogP contribution in [0.3, 0.4) is 0 Å². The summed E-state index contributed by atoms with van der Waals surface area (Å²) in [7, 11) is 0. The zero-order chi connectivity index (χ0) is 17.6. The van der Waals surface area contributed by atoms with Crippen LogP contribution < -0.4 is 5.43 Å². The Balaban J connectivity index is 1.72. The van der Waals surface area contributed by atoms with Crippen LogP contribution in [-0.4, -0.2) is 11.6 Å². The average molecular weight is 328 g/mol. The number of rotatable bonds is 4. The summed E-state index contributed by atoms with van der Waals surface area (Å²) in [5, 5.41) is 4.23. The van der Waals surface area contributed by atoms with Crippen LogP contribution in [0.4, 0.5) is 0 Å². The van der Waals surface area contributed by atoms with Crippen molar-refractivity contribution in [1.82, 2.24) is 5.43 Å². The van der Waals surface area contributed by atoms with Gasteiger partial charge in [0.2, 0.25) is 0 Å². The number of carbonyl (C=O) groups is 1. The molecule has 3 aromatic carbocycles. The predicted octanol–water partition coefficient (Wildman–Crippen LogP) is 4.82. The molecule has 3 aromatic rings. The first-order chi connectivity index (χ1) is 12.1. The number of hydrazone groups is 1. The van der Waals surface area contributed by atoms with Crippen molar-refractivity contribution in [3.8, 4) is 11.1 Å². The lowest BCUT2D eigenvalue weighted by atomic mass is 10.0. The maximum atomic E-state index is 12.2. The molecule has 0 heterocycles. The summed E-state index contributed by atoms with van der Waals surface area (Å²) in [5.41, 5.74) is 8.27. The Morgan fingerprint density at radius 3 is 2.08 bits per heavy atom. The number of nitrogens with one attached hydrogen (secondary N) is 1. The quantitative estimate of drug-likeness (QED) is 0.541. The van der Waals surface area contributed by atoms with Gasteiger partial charge in [0.15, 0.2) is 0 Å². The Hall–Kier alpha value is -3.20. The third-order valence-electron chi connectivity index (χ3n) is 4.12. The van der Waals surface area contributed by atoms with Gasteiger partial charge in [0.1, 0.15) is 0 Å². The molecule has 0 aromatic heterocycles. The van der Waals surface area contributed by atoms with E-state index >= 15 is 0 Å². The van der Waals surface area contributed by atoms with Crippen LogP contribution in [0, 0.1) is 6.92 Å². The second-order valence-electron chi connectivity index (χ2n) is 5.90. The predicted molar refractivity (Wildman–Crippen MR) is 103 cm³/mol. The van der Waals surface area contributed by atoms with Crippen LogP contribution in [0.15, 0.2) is 84.0 Å². The lowest BCUT2D eigenvalue weighted by Crippen LogP contribution is -2.20. The van der Waals surface area contributed by atoms with Crippen LogP contribution in [0.2, 0.25) is 0 Å². The second-order valence-corrected chi connectivity index (χ2v) is 5.90. The van der Waals surface area contributed by atoms with Crippen molar-refractivity contribution in [2.45, 2.75) is 13.8 Å². The number of hydrogen-bond donors (Lipinski definition) is 1. The topological polar surface area (TPSA) is 41.5 Å². The van der Waals surface area contributed by atoms with E-state index in [1.165, 1.54) is 5.56 Å². The Morgan fingerprint density at radius 1 is 0.800 bits per heavy atom. The second kappa shape index (κ2) is 7.58. The van der Waals surface area contributed by atoms with Crippen molar-refractivity contribution in [3.05, 3.63) is 95.6 Å². The average Bonchev–Trinajstić information content (AvgIpc) is 2.67. The molecule has 1 amide bonds. The number of amides is 1. The normalized spacial score (nSPS) is 11.2. The SMILES string of the molecule is C/C(=N/NC(=O)c1ccccc1C)c1ccc(-c2ccccc2)cc1. The first-order valence-electron chi connectivity index (χ1n) is 8.21. The minimum atomic E-state index is -0.196. The molecule has 0 unspecified atom stereocenters. The molecular weight excluding hydrogens is 308 g/mol. The van der Waals surface area contributed by atoms with Gasteiger partial charge >= 0.3 is 0 Å². The molecule has 0 spiro atoms. The molecule has 0 bridgehead atoms. The fourth-order valence-electron chi connectivity index (χ4n) is 2.62. The molecule has 3 rings (SSSR count). The van der Waals surface area contributed by atoms with E-state index in [9.17, 15) is 4.79 Å². The lowest BCUT2D eigenvalue weighted by Gasteiger charge is -2.06. The molecule has 0 fully saturated rings. The van der Waals surface area contributed by atoms with E-state index in [4.69, 9.17) is 0 Å². The molecule has 3 heteroatoms. The van der Waals surface area contributed by atoms with Gasteiger partial charge in [-0.25, -0.2) is 5.43 Å². The first-order valence-corrected chi connectivity index (χ1v) is 8.21. The van der Waals surface area contributed by atoms with Gasteiger partial charge in [-0.3, -0.25) is 4.79 Å². The van der Waals surface area contributed by atoms with Crippen molar-refractivity contribution in [1.29, 1.82) is 0 Å². The first kappa shape index (κ1) is 16.7. The van der Waals surface area contributed by atoms with E-state index in [0.717, 1.165) is 22.4 Å². The highest BCUT2D eigenvalue weighted by Crippen LogP contribution is 2.19. The zero-order valence-corrected chi connectivity index (χ0v) is 14.4. The van der Waals surface area contributed by atoms with Crippen LogP contribution >= 0.6 is 0 Å². The van der Waals surface area contributed by atoms with Gasteiger partial charge in [-0.1, -0.05) is 72.8 Å². The Bertz CT molecular complexity index is 897. The third kappa shape index (κ3) is 4.01. The largest absolute Gasteiger partial charge is 0.271 e. The molecule has 0 atom stereocenters. The van der Waals surface area contributed by atoms with Crippen molar-refractivity contribution in [2.75, 3.05) is 0 Å². The smallest absolute Gasteiger partial charge is 0.267 e. The van der Waals surface area contributed by atoms with E-state index in [1.54, 1.807) is 6.07 Å². The van der Waals surface area contributed by atoms with E-state index in [1.807, 2.05) is 62.4 Å². The van der Waals surface area contributed by atoms with Gasteiger partial charge in [0.25, 0.3) is 5.91 Å². The van der Waals surface area contributed by atoms with E-state index in [0.29, 0.717) is 5.56 Å². The molecule has 0 saturated heterocycles. The van der Waals surface area contributed by atoms with Crippen LogP contribution in [0.25, 0.3) is 11.1 Å². The minimum Gasteiger partial charge on any atom is -0.267 e. The van der Waals surface area contributed by atoms with Gasteiger partial charge in [-0.2, -0.15) is 5.10 Å². The van der Waals surface area contributed by atoms with Crippen molar-refractivity contribution < 1.29 is 4.79 Å². The fraction of sp³-hybridized carbons (Fsp3) is 0.0909. The molecule has 1 N–H and O–H groups in total. The van der Waals surface area contributed by atoms with Gasteiger partial charge in [0.05, 0.1) is 5.71 Å². The summed E-state index contributed by atoms with van der Waals surface area (Å²) >= 11 is 0. The number of benzene rings is 3. The molecule has 0 aliphatic rings. The highest BCUT2D eigenvalue weighted by atomic mass is 16.2.